The Labute approximate surface area is 169 Å². The minimum atomic E-state index is -0.296. The summed E-state index contributed by atoms with van der Waals surface area (Å²) in [7, 11) is 1.52. The fraction of sp³-hybridized carbons (Fsp3) is 0.125. The Morgan fingerprint density at radius 2 is 1.82 bits per heavy atom. The number of carbonyl (C=O) groups excluding carboxylic acids is 1. The highest BCUT2D eigenvalue weighted by molar-refractivity contribution is 6.35. The van der Waals surface area contributed by atoms with Crippen LogP contribution in [0.15, 0.2) is 66.7 Å². The second kappa shape index (κ2) is 7.91. The number of hydrogen-bond donors (Lipinski definition) is 1. The Morgan fingerprint density at radius 1 is 1.04 bits per heavy atom. The highest BCUT2D eigenvalue weighted by Crippen LogP contribution is 2.32. The number of methoxy groups -OCH3 is 1. The predicted molar refractivity (Wildman–Crippen MR) is 115 cm³/mol. The molecule has 0 saturated carbocycles. The van der Waals surface area contributed by atoms with Crippen molar-refractivity contribution in [2.75, 3.05) is 12.4 Å². The standard InChI is InChI=1S/C24H20ClNO2/c1-28-22-11-5-10-21(25)23(22)24(27)26-18-14-12-17(13-15-18)20-9-4-7-16-6-2-3-8-19(16)20/h3-5,7-15H,2,6H2,1H3,(H,26,27). The van der Waals surface area contributed by atoms with Crippen molar-refractivity contribution in [1.82, 2.24) is 0 Å². The van der Waals surface area contributed by atoms with Crippen molar-refractivity contribution < 1.29 is 9.53 Å². The number of halogens is 1. The van der Waals surface area contributed by atoms with Crippen molar-refractivity contribution in [2.45, 2.75) is 12.8 Å². The van der Waals surface area contributed by atoms with E-state index >= 15 is 0 Å². The molecule has 3 aromatic rings. The molecular formula is C24H20ClNO2. The zero-order chi connectivity index (χ0) is 19.5. The summed E-state index contributed by atoms with van der Waals surface area (Å²) >= 11 is 6.19. The Balaban J connectivity index is 1.59. The third-order valence-corrected chi connectivity index (χ3v) is 5.25. The van der Waals surface area contributed by atoms with Crippen LogP contribution in [0.1, 0.15) is 27.9 Å². The Hall–Kier alpha value is -3.04. The molecule has 3 nitrogen and oxygen atoms in total. The van der Waals surface area contributed by atoms with E-state index in [0.29, 0.717) is 22.0 Å². The Kier molecular flexibility index (Phi) is 5.18. The molecule has 28 heavy (non-hydrogen) atoms. The minimum absolute atomic E-state index is 0.296. The molecule has 1 aliphatic rings. The van der Waals surface area contributed by atoms with Crippen LogP contribution in [0.4, 0.5) is 5.69 Å². The van der Waals surface area contributed by atoms with E-state index in [1.165, 1.54) is 23.8 Å². The normalized spacial score (nSPS) is 12.4. The molecule has 0 heterocycles. The van der Waals surface area contributed by atoms with Gasteiger partial charge in [0.2, 0.25) is 0 Å². The van der Waals surface area contributed by atoms with Gasteiger partial charge in [-0.3, -0.25) is 4.79 Å². The van der Waals surface area contributed by atoms with Crippen LogP contribution in [-0.4, -0.2) is 13.0 Å². The number of allylic oxidation sites excluding steroid dienone is 1. The van der Waals surface area contributed by atoms with Crippen LogP contribution in [0.5, 0.6) is 5.75 Å². The molecule has 0 fully saturated rings. The van der Waals surface area contributed by atoms with Gasteiger partial charge in [-0.25, -0.2) is 0 Å². The molecule has 140 valence electrons. The van der Waals surface area contributed by atoms with Crippen LogP contribution >= 0.6 is 11.6 Å². The van der Waals surface area contributed by atoms with E-state index in [0.717, 1.165) is 18.4 Å². The summed E-state index contributed by atoms with van der Waals surface area (Å²) in [6.07, 6.45) is 6.59. The summed E-state index contributed by atoms with van der Waals surface area (Å²) in [5.74, 6) is 0.152. The molecule has 0 radical (unpaired) electrons. The summed E-state index contributed by atoms with van der Waals surface area (Å²) in [6.45, 7) is 0. The number of aryl methyl sites for hydroxylation is 1. The second-order valence-electron chi connectivity index (χ2n) is 6.67. The van der Waals surface area contributed by atoms with Gasteiger partial charge < -0.3 is 10.1 Å². The fourth-order valence-electron chi connectivity index (χ4n) is 3.54. The average Bonchev–Trinajstić information content (AvgIpc) is 2.73. The molecule has 4 heteroatoms. The zero-order valence-electron chi connectivity index (χ0n) is 15.5. The second-order valence-corrected chi connectivity index (χ2v) is 7.08. The molecule has 4 rings (SSSR count). The Bertz CT molecular complexity index is 1050. The number of rotatable bonds is 4. The van der Waals surface area contributed by atoms with Gasteiger partial charge >= 0.3 is 0 Å². The third kappa shape index (κ3) is 3.54. The van der Waals surface area contributed by atoms with E-state index in [9.17, 15) is 4.79 Å². The molecule has 3 aromatic carbocycles. The SMILES string of the molecule is COc1cccc(Cl)c1C(=O)Nc1ccc(-c2cccc3c2C=CCC3)cc1. The molecule has 0 saturated heterocycles. The summed E-state index contributed by atoms with van der Waals surface area (Å²) in [5.41, 5.74) is 6.03. The molecule has 1 amide bonds. The molecule has 1 aliphatic carbocycles. The smallest absolute Gasteiger partial charge is 0.260 e. The fourth-order valence-corrected chi connectivity index (χ4v) is 3.79. The number of hydrogen-bond acceptors (Lipinski definition) is 2. The van der Waals surface area contributed by atoms with Crippen molar-refractivity contribution >= 4 is 29.3 Å². The molecule has 1 N–H and O–H groups in total. The quantitative estimate of drug-likeness (QED) is 0.574. The lowest BCUT2D eigenvalue weighted by molar-refractivity contribution is 0.102. The number of carbonyl (C=O) groups is 1. The third-order valence-electron chi connectivity index (χ3n) is 4.94. The molecule has 0 spiro atoms. The van der Waals surface area contributed by atoms with Gasteiger partial charge in [0, 0.05) is 5.69 Å². The number of fused-ring (bicyclic) bond motifs is 1. The first-order valence-corrected chi connectivity index (χ1v) is 9.58. The minimum Gasteiger partial charge on any atom is -0.496 e. The van der Waals surface area contributed by atoms with Gasteiger partial charge in [0.1, 0.15) is 11.3 Å². The van der Waals surface area contributed by atoms with E-state index in [2.05, 4.69) is 35.7 Å². The van der Waals surface area contributed by atoms with E-state index in [1.807, 2.05) is 24.3 Å². The summed E-state index contributed by atoms with van der Waals surface area (Å²) in [4.78, 5) is 12.7. The number of amides is 1. The van der Waals surface area contributed by atoms with Gasteiger partial charge in [-0.05, 0) is 59.4 Å². The van der Waals surface area contributed by atoms with Gasteiger partial charge in [-0.15, -0.1) is 0 Å². The highest BCUT2D eigenvalue weighted by Gasteiger charge is 2.17. The largest absolute Gasteiger partial charge is 0.496 e. The first-order chi connectivity index (χ1) is 13.7. The predicted octanol–water partition coefficient (Wildman–Crippen LogP) is 6.23. The maximum atomic E-state index is 12.7. The topological polar surface area (TPSA) is 38.3 Å². The zero-order valence-corrected chi connectivity index (χ0v) is 16.3. The highest BCUT2D eigenvalue weighted by atomic mass is 35.5. The van der Waals surface area contributed by atoms with Crippen LogP contribution in [0.2, 0.25) is 5.02 Å². The first kappa shape index (κ1) is 18.3. The number of anilines is 1. The van der Waals surface area contributed by atoms with Crippen LogP contribution in [0, 0.1) is 0 Å². The van der Waals surface area contributed by atoms with Crippen LogP contribution in [-0.2, 0) is 6.42 Å². The van der Waals surface area contributed by atoms with Crippen LogP contribution in [0.3, 0.4) is 0 Å². The van der Waals surface area contributed by atoms with E-state index in [1.54, 1.807) is 18.2 Å². The van der Waals surface area contributed by atoms with Crippen molar-refractivity contribution in [1.29, 1.82) is 0 Å². The number of ether oxygens (including phenoxy) is 1. The monoisotopic (exact) mass is 389 g/mol. The van der Waals surface area contributed by atoms with Crippen LogP contribution < -0.4 is 10.1 Å². The molecule has 0 aliphatic heterocycles. The lowest BCUT2D eigenvalue weighted by Crippen LogP contribution is -2.13. The van der Waals surface area contributed by atoms with Gasteiger partial charge in [0.15, 0.2) is 0 Å². The van der Waals surface area contributed by atoms with E-state index in [-0.39, 0.29) is 5.91 Å². The summed E-state index contributed by atoms with van der Waals surface area (Å²) in [5, 5.41) is 3.25. The molecule has 0 unspecified atom stereocenters. The van der Waals surface area contributed by atoms with Gasteiger partial charge in [0.25, 0.3) is 5.91 Å². The van der Waals surface area contributed by atoms with Gasteiger partial charge in [-0.1, -0.05) is 60.2 Å². The summed E-state index contributed by atoms with van der Waals surface area (Å²) in [6, 6.07) is 19.4. The van der Waals surface area contributed by atoms with Crippen molar-refractivity contribution in [3.05, 3.63) is 88.5 Å². The lowest BCUT2D eigenvalue weighted by Gasteiger charge is -2.15. The van der Waals surface area contributed by atoms with Crippen molar-refractivity contribution in [3.63, 3.8) is 0 Å². The summed E-state index contributed by atoms with van der Waals surface area (Å²) < 4.78 is 5.26. The van der Waals surface area contributed by atoms with Gasteiger partial charge in [-0.2, -0.15) is 0 Å². The maximum Gasteiger partial charge on any atom is 0.260 e. The van der Waals surface area contributed by atoms with Gasteiger partial charge in [0.05, 0.1) is 12.1 Å². The average molecular weight is 390 g/mol. The van der Waals surface area contributed by atoms with Crippen LogP contribution in [0.25, 0.3) is 17.2 Å². The van der Waals surface area contributed by atoms with E-state index in [4.69, 9.17) is 16.3 Å². The molecule has 0 bridgehead atoms. The number of benzene rings is 3. The molecular weight excluding hydrogens is 370 g/mol. The molecule has 0 aromatic heterocycles. The van der Waals surface area contributed by atoms with Crippen molar-refractivity contribution in [3.8, 4) is 16.9 Å². The van der Waals surface area contributed by atoms with E-state index < -0.39 is 0 Å². The molecule has 0 atom stereocenters. The lowest BCUT2D eigenvalue weighted by atomic mass is 9.90. The first-order valence-electron chi connectivity index (χ1n) is 9.20. The van der Waals surface area contributed by atoms with Crippen molar-refractivity contribution in [2.24, 2.45) is 0 Å². The number of nitrogens with one attached hydrogen (secondary N) is 1. The Morgan fingerprint density at radius 3 is 2.61 bits per heavy atom. The maximum absolute atomic E-state index is 12.7.